The number of rotatable bonds is 5. The van der Waals surface area contributed by atoms with Gasteiger partial charge in [0.2, 0.25) is 0 Å². The van der Waals surface area contributed by atoms with Crippen molar-refractivity contribution in [3.63, 3.8) is 0 Å². The summed E-state index contributed by atoms with van der Waals surface area (Å²) in [5.41, 5.74) is 3.28. The molecule has 0 aromatic heterocycles. The summed E-state index contributed by atoms with van der Waals surface area (Å²) in [5, 5.41) is 4.13. The molecule has 0 bridgehead atoms. The highest BCUT2D eigenvalue weighted by molar-refractivity contribution is 8.04. The third kappa shape index (κ3) is 4.49. The average Bonchev–Trinajstić information content (AvgIpc) is 2.96. The van der Waals surface area contributed by atoms with Crippen molar-refractivity contribution in [3.8, 4) is 0 Å². The molecule has 0 atom stereocenters. The molecule has 0 saturated heterocycles. The van der Waals surface area contributed by atoms with E-state index >= 15 is 0 Å². The first-order chi connectivity index (χ1) is 14.8. The largest absolute Gasteiger partial charge is 0.350 e. The van der Waals surface area contributed by atoms with Crippen LogP contribution in [-0.4, -0.2) is 11.8 Å². The standard InChI is InChI=1S/C24H18Cl2N2O2S/c1-14-6-10-19(11-7-14)31-22-21(27-17-9-8-15(2)20(26)13-17)23(29)28(24(22)30)18-5-3-4-16(25)12-18/h3-13,27H,1-2H3. The smallest absolute Gasteiger partial charge is 0.283 e. The van der Waals surface area contributed by atoms with E-state index in [9.17, 15) is 9.59 Å². The fourth-order valence-corrected chi connectivity index (χ4v) is 4.40. The molecule has 2 amide bonds. The summed E-state index contributed by atoms with van der Waals surface area (Å²) in [6.07, 6.45) is 0. The highest BCUT2D eigenvalue weighted by atomic mass is 35.5. The van der Waals surface area contributed by atoms with E-state index in [0.29, 0.717) is 26.3 Å². The number of hydrogen-bond donors (Lipinski definition) is 1. The number of anilines is 2. The van der Waals surface area contributed by atoms with Crippen molar-refractivity contribution in [1.29, 1.82) is 0 Å². The summed E-state index contributed by atoms with van der Waals surface area (Å²) in [7, 11) is 0. The highest BCUT2D eigenvalue weighted by Gasteiger charge is 2.40. The van der Waals surface area contributed by atoms with Gasteiger partial charge >= 0.3 is 0 Å². The van der Waals surface area contributed by atoms with Crippen LogP contribution in [0.4, 0.5) is 11.4 Å². The Morgan fingerprint density at radius 2 is 1.61 bits per heavy atom. The van der Waals surface area contributed by atoms with Crippen molar-refractivity contribution in [2.45, 2.75) is 18.7 Å². The van der Waals surface area contributed by atoms with Crippen molar-refractivity contribution < 1.29 is 9.59 Å². The van der Waals surface area contributed by atoms with Gasteiger partial charge in [0.25, 0.3) is 11.8 Å². The van der Waals surface area contributed by atoms with Gasteiger partial charge in [-0.2, -0.15) is 0 Å². The lowest BCUT2D eigenvalue weighted by Gasteiger charge is -2.15. The Hall–Kier alpha value is -2.73. The van der Waals surface area contributed by atoms with Gasteiger partial charge in [-0.05, 0) is 61.9 Å². The maximum Gasteiger partial charge on any atom is 0.283 e. The van der Waals surface area contributed by atoms with E-state index < -0.39 is 11.8 Å². The number of aryl methyl sites for hydroxylation is 2. The third-order valence-electron chi connectivity index (χ3n) is 4.79. The van der Waals surface area contributed by atoms with Gasteiger partial charge in [0, 0.05) is 20.6 Å². The number of benzene rings is 3. The van der Waals surface area contributed by atoms with Crippen LogP contribution in [0.2, 0.25) is 10.0 Å². The van der Waals surface area contributed by atoms with E-state index in [1.54, 1.807) is 30.3 Å². The molecule has 31 heavy (non-hydrogen) atoms. The van der Waals surface area contributed by atoms with E-state index in [0.717, 1.165) is 20.9 Å². The average molecular weight is 469 g/mol. The molecule has 4 rings (SSSR count). The summed E-state index contributed by atoms with van der Waals surface area (Å²) in [4.78, 5) is 29.0. The van der Waals surface area contributed by atoms with E-state index in [1.165, 1.54) is 11.8 Å². The zero-order valence-corrected chi connectivity index (χ0v) is 19.1. The van der Waals surface area contributed by atoms with Crippen molar-refractivity contribution in [2.24, 2.45) is 0 Å². The zero-order valence-electron chi connectivity index (χ0n) is 16.8. The van der Waals surface area contributed by atoms with Gasteiger partial charge in [0.1, 0.15) is 10.6 Å². The van der Waals surface area contributed by atoms with Crippen molar-refractivity contribution >= 4 is 58.2 Å². The minimum absolute atomic E-state index is 0.204. The molecule has 7 heteroatoms. The Bertz CT molecular complexity index is 1220. The van der Waals surface area contributed by atoms with Crippen molar-refractivity contribution in [3.05, 3.63) is 98.5 Å². The second-order valence-electron chi connectivity index (χ2n) is 7.13. The summed E-state index contributed by atoms with van der Waals surface area (Å²) >= 11 is 13.6. The van der Waals surface area contributed by atoms with Crippen molar-refractivity contribution in [1.82, 2.24) is 0 Å². The first-order valence-corrected chi connectivity index (χ1v) is 11.1. The molecular formula is C24H18Cl2N2O2S. The molecule has 1 N–H and O–H groups in total. The molecular weight excluding hydrogens is 451 g/mol. The SMILES string of the molecule is Cc1ccc(SC2=C(Nc3ccc(C)c(Cl)c3)C(=O)N(c3cccc(Cl)c3)C2=O)cc1. The molecule has 156 valence electrons. The number of amides is 2. The van der Waals surface area contributed by atoms with E-state index in [2.05, 4.69) is 5.32 Å². The van der Waals surface area contributed by atoms with Crippen LogP contribution in [0, 0.1) is 13.8 Å². The van der Waals surface area contributed by atoms with E-state index in [1.807, 2.05) is 50.2 Å². The Labute approximate surface area is 194 Å². The molecule has 0 aliphatic carbocycles. The molecule has 0 saturated carbocycles. The molecule has 0 unspecified atom stereocenters. The highest BCUT2D eigenvalue weighted by Crippen LogP contribution is 2.38. The molecule has 1 aliphatic rings. The van der Waals surface area contributed by atoms with Gasteiger partial charge < -0.3 is 5.32 Å². The van der Waals surface area contributed by atoms with E-state index in [4.69, 9.17) is 23.2 Å². The monoisotopic (exact) mass is 468 g/mol. The Balaban J connectivity index is 1.75. The maximum absolute atomic E-state index is 13.3. The maximum atomic E-state index is 13.3. The molecule has 4 nitrogen and oxygen atoms in total. The van der Waals surface area contributed by atoms with Crippen LogP contribution in [0.1, 0.15) is 11.1 Å². The van der Waals surface area contributed by atoms with Gasteiger partial charge in [-0.25, -0.2) is 4.90 Å². The Morgan fingerprint density at radius 1 is 0.871 bits per heavy atom. The fourth-order valence-electron chi connectivity index (χ4n) is 3.10. The van der Waals surface area contributed by atoms with Crippen LogP contribution in [0.5, 0.6) is 0 Å². The van der Waals surface area contributed by atoms with Gasteiger partial charge in [-0.3, -0.25) is 9.59 Å². The van der Waals surface area contributed by atoms with Crippen LogP contribution < -0.4 is 10.2 Å². The molecule has 1 heterocycles. The molecule has 3 aromatic carbocycles. The number of halogens is 2. The fraction of sp³-hybridized carbons (Fsp3) is 0.0833. The number of carbonyl (C=O) groups excluding carboxylic acids is 2. The number of thioether (sulfide) groups is 1. The topological polar surface area (TPSA) is 49.4 Å². The van der Waals surface area contributed by atoms with Crippen LogP contribution in [0.25, 0.3) is 0 Å². The lowest BCUT2D eigenvalue weighted by Crippen LogP contribution is -2.32. The Morgan fingerprint density at radius 3 is 2.29 bits per heavy atom. The number of imide groups is 1. The molecule has 0 radical (unpaired) electrons. The summed E-state index contributed by atoms with van der Waals surface area (Å²) in [6, 6.07) is 19.9. The molecule has 0 fully saturated rings. The zero-order chi connectivity index (χ0) is 22.1. The van der Waals surface area contributed by atoms with Gasteiger partial charge in [0.15, 0.2) is 0 Å². The van der Waals surface area contributed by atoms with Gasteiger partial charge in [-0.15, -0.1) is 0 Å². The lowest BCUT2D eigenvalue weighted by molar-refractivity contribution is -0.120. The van der Waals surface area contributed by atoms with Gasteiger partial charge in [0.05, 0.1) is 5.69 Å². The van der Waals surface area contributed by atoms with Crippen LogP contribution in [0.15, 0.2) is 82.2 Å². The molecule has 1 aliphatic heterocycles. The second-order valence-corrected chi connectivity index (χ2v) is 9.06. The predicted molar refractivity (Wildman–Crippen MR) is 128 cm³/mol. The van der Waals surface area contributed by atoms with Crippen LogP contribution in [-0.2, 0) is 9.59 Å². The minimum Gasteiger partial charge on any atom is -0.350 e. The minimum atomic E-state index is -0.446. The molecule has 0 spiro atoms. The normalized spacial score (nSPS) is 13.9. The van der Waals surface area contributed by atoms with E-state index in [-0.39, 0.29) is 5.70 Å². The quantitative estimate of drug-likeness (QED) is 0.428. The van der Waals surface area contributed by atoms with Crippen molar-refractivity contribution in [2.75, 3.05) is 10.2 Å². The third-order valence-corrected chi connectivity index (χ3v) is 6.52. The first-order valence-electron chi connectivity index (χ1n) is 9.50. The summed E-state index contributed by atoms with van der Waals surface area (Å²) in [6.45, 7) is 3.89. The number of hydrogen-bond acceptors (Lipinski definition) is 4. The number of nitrogens with one attached hydrogen (secondary N) is 1. The lowest BCUT2D eigenvalue weighted by atomic mass is 10.2. The predicted octanol–water partition coefficient (Wildman–Crippen LogP) is 6.60. The summed E-state index contributed by atoms with van der Waals surface area (Å²) in [5.74, 6) is -0.850. The Kier molecular flexibility index (Phi) is 6.10. The van der Waals surface area contributed by atoms with Crippen LogP contribution in [0.3, 0.4) is 0 Å². The first kappa shape index (κ1) is 21.5. The van der Waals surface area contributed by atoms with Gasteiger partial charge in [-0.1, -0.05) is 64.8 Å². The second kappa shape index (κ2) is 8.79. The molecule has 3 aromatic rings. The summed E-state index contributed by atoms with van der Waals surface area (Å²) < 4.78 is 0. The number of carbonyl (C=O) groups is 2. The van der Waals surface area contributed by atoms with Crippen LogP contribution >= 0.6 is 35.0 Å². The number of nitrogens with zero attached hydrogens (tertiary/aromatic N) is 1.